The lowest BCUT2D eigenvalue weighted by atomic mass is 10.2. The van der Waals surface area contributed by atoms with Gasteiger partial charge in [-0.05, 0) is 12.1 Å². The van der Waals surface area contributed by atoms with Crippen LogP contribution >= 0.6 is 0 Å². The van der Waals surface area contributed by atoms with E-state index in [0.717, 1.165) is 5.56 Å². The Labute approximate surface area is 159 Å². The van der Waals surface area contributed by atoms with Gasteiger partial charge in [0.1, 0.15) is 11.3 Å². The highest BCUT2D eigenvalue weighted by molar-refractivity contribution is 6.10. The number of nitrogens with two attached hydrogens (primary N) is 1. The van der Waals surface area contributed by atoms with Gasteiger partial charge in [-0.3, -0.25) is 9.59 Å². The zero-order valence-corrected chi connectivity index (χ0v) is 14.7. The third-order valence-corrected chi connectivity index (χ3v) is 4.15. The molecule has 2 amide bonds. The van der Waals surface area contributed by atoms with Gasteiger partial charge >= 0.3 is 0 Å². The van der Waals surface area contributed by atoms with Crippen LogP contribution in [0.2, 0.25) is 0 Å². The summed E-state index contributed by atoms with van der Waals surface area (Å²) < 4.78 is 10.6. The van der Waals surface area contributed by atoms with E-state index in [-0.39, 0.29) is 30.2 Å². The molecule has 3 N–H and O–H groups in total. The first-order valence-electron chi connectivity index (χ1n) is 8.61. The summed E-state index contributed by atoms with van der Waals surface area (Å²) in [5.74, 6) is -0.350. The van der Waals surface area contributed by atoms with Crippen molar-refractivity contribution >= 4 is 28.5 Å². The number of primary amides is 1. The van der Waals surface area contributed by atoms with E-state index >= 15 is 0 Å². The van der Waals surface area contributed by atoms with Crippen LogP contribution in [0.25, 0.3) is 22.4 Å². The van der Waals surface area contributed by atoms with Gasteiger partial charge in [-0.15, -0.1) is 0 Å². The largest absolute Gasteiger partial charge is 0.449 e. The van der Waals surface area contributed by atoms with E-state index < -0.39 is 5.91 Å². The Bertz CT molecular complexity index is 1150. The van der Waals surface area contributed by atoms with Crippen molar-refractivity contribution in [2.75, 3.05) is 5.32 Å². The highest BCUT2D eigenvalue weighted by atomic mass is 16.5. The molecule has 0 atom stereocenters. The average Bonchev–Trinajstić information content (AvgIpc) is 3.32. The minimum Gasteiger partial charge on any atom is -0.449 e. The van der Waals surface area contributed by atoms with Crippen molar-refractivity contribution in [3.63, 3.8) is 0 Å². The third-order valence-electron chi connectivity index (χ3n) is 4.15. The second-order valence-corrected chi connectivity index (χ2v) is 6.09. The first kappa shape index (κ1) is 17.5. The van der Waals surface area contributed by atoms with Gasteiger partial charge in [-0.1, -0.05) is 47.6 Å². The number of hydrogen-bond donors (Lipinski definition) is 2. The summed E-state index contributed by atoms with van der Waals surface area (Å²) in [4.78, 5) is 28.3. The van der Waals surface area contributed by atoms with Gasteiger partial charge in [0.25, 0.3) is 5.91 Å². The molecule has 28 heavy (non-hydrogen) atoms. The SMILES string of the molecule is NC(=O)c1oc2ccccc2c1NC(=O)CCc1nc(-c2ccccc2)no1. The molecule has 8 heteroatoms. The molecule has 0 spiro atoms. The molecular formula is C20H16N4O4. The maximum Gasteiger partial charge on any atom is 0.286 e. The molecule has 2 heterocycles. The zero-order valence-electron chi connectivity index (χ0n) is 14.7. The number of anilines is 1. The van der Waals surface area contributed by atoms with Crippen molar-refractivity contribution in [1.29, 1.82) is 0 Å². The number of benzene rings is 2. The predicted octanol–water partition coefficient (Wildman–Crippen LogP) is 3.15. The Balaban J connectivity index is 1.46. The normalized spacial score (nSPS) is 10.9. The van der Waals surface area contributed by atoms with Crippen LogP contribution in [0.15, 0.2) is 63.5 Å². The molecule has 0 radical (unpaired) electrons. The Hall–Kier alpha value is -3.94. The number of carbonyl (C=O) groups excluding carboxylic acids is 2. The van der Waals surface area contributed by atoms with E-state index in [4.69, 9.17) is 14.7 Å². The summed E-state index contributed by atoms with van der Waals surface area (Å²) >= 11 is 0. The standard InChI is InChI=1S/C20H16N4O4/c21-19(26)18-17(13-8-4-5-9-14(13)27-18)22-15(25)10-11-16-23-20(24-28-16)12-6-2-1-3-7-12/h1-9H,10-11H2,(H2,21,26)(H,22,25). The summed E-state index contributed by atoms with van der Waals surface area (Å²) in [7, 11) is 0. The monoisotopic (exact) mass is 376 g/mol. The third kappa shape index (κ3) is 3.48. The molecule has 4 aromatic rings. The zero-order chi connectivity index (χ0) is 19.5. The first-order chi connectivity index (χ1) is 13.6. The molecule has 140 valence electrons. The lowest BCUT2D eigenvalue weighted by molar-refractivity contribution is -0.116. The number of amides is 2. The molecule has 0 aliphatic heterocycles. The number of rotatable bonds is 6. The highest BCUT2D eigenvalue weighted by Gasteiger charge is 2.20. The quantitative estimate of drug-likeness (QED) is 0.533. The van der Waals surface area contributed by atoms with Crippen molar-refractivity contribution in [3.8, 4) is 11.4 Å². The molecule has 0 saturated carbocycles. The Morgan fingerprint density at radius 3 is 2.57 bits per heavy atom. The Morgan fingerprint density at radius 2 is 1.79 bits per heavy atom. The number of hydrogen-bond acceptors (Lipinski definition) is 6. The van der Waals surface area contributed by atoms with Crippen molar-refractivity contribution in [2.24, 2.45) is 5.73 Å². The second kappa shape index (κ2) is 7.36. The summed E-state index contributed by atoms with van der Waals surface area (Å²) in [6, 6.07) is 16.4. The molecule has 0 aliphatic rings. The highest BCUT2D eigenvalue weighted by Crippen LogP contribution is 2.30. The van der Waals surface area contributed by atoms with Crippen molar-refractivity contribution < 1.29 is 18.5 Å². The number of furan rings is 1. The van der Waals surface area contributed by atoms with Crippen LogP contribution in [0, 0.1) is 0 Å². The van der Waals surface area contributed by atoms with E-state index in [1.807, 2.05) is 30.3 Å². The molecule has 0 fully saturated rings. The maximum atomic E-state index is 12.4. The van der Waals surface area contributed by atoms with Crippen molar-refractivity contribution in [3.05, 3.63) is 66.2 Å². The fourth-order valence-corrected chi connectivity index (χ4v) is 2.83. The first-order valence-corrected chi connectivity index (χ1v) is 8.61. The Kier molecular flexibility index (Phi) is 4.59. The van der Waals surface area contributed by atoms with Crippen LogP contribution in [-0.4, -0.2) is 22.0 Å². The van der Waals surface area contributed by atoms with Gasteiger partial charge in [0.15, 0.2) is 0 Å². The molecule has 2 aromatic heterocycles. The van der Waals surface area contributed by atoms with Crippen molar-refractivity contribution in [2.45, 2.75) is 12.8 Å². The molecule has 0 unspecified atom stereocenters. The Morgan fingerprint density at radius 1 is 1.04 bits per heavy atom. The number of para-hydroxylation sites is 1. The fraction of sp³-hybridized carbons (Fsp3) is 0.100. The second-order valence-electron chi connectivity index (χ2n) is 6.09. The maximum absolute atomic E-state index is 12.4. The number of fused-ring (bicyclic) bond motifs is 1. The van der Waals surface area contributed by atoms with Gasteiger partial charge < -0.3 is 20.0 Å². The number of carbonyl (C=O) groups is 2. The molecule has 0 bridgehead atoms. The molecule has 0 saturated heterocycles. The number of nitrogens with zero attached hydrogens (tertiary/aromatic N) is 2. The predicted molar refractivity (Wildman–Crippen MR) is 101 cm³/mol. The average molecular weight is 376 g/mol. The number of aromatic nitrogens is 2. The molecule has 4 rings (SSSR count). The lowest BCUT2D eigenvalue weighted by Gasteiger charge is -2.03. The van der Waals surface area contributed by atoms with E-state index in [1.54, 1.807) is 24.3 Å². The summed E-state index contributed by atoms with van der Waals surface area (Å²) in [5, 5.41) is 7.23. The van der Waals surface area contributed by atoms with Gasteiger partial charge in [-0.25, -0.2) is 0 Å². The van der Waals surface area contributed by atoms with E-state index in [2.05, 4.69) is 15.5 Å². The lowest BCUT2D eigenvalue weighted by Crippen LogP contribution is -2.17. The summed E-state index contributed by atoms with van der Waals surface area (Å²) in [6.45, 7) is 0. The van der Waals surface area contributed by atoms with Crippen LogP contribution in [0.1, 0.15) is 22.9 Å². The summed E-state index contributed by atoms with van der Waals surface area (Å²) in [5.41, 5.74) is 6.93. The van der Waals surface area contributed by atoms with Crippen LogP contribution in [-0.2, 0) is 11.2 Å². The van der Waals surface area contributed by atoms with Gasteiger partial charge in [0, 0.05) is 23.8 Å². The van der Waals surface area contributed by atoms with Gasteiger partial charge in [-0.2, -0.15) is 4.98 Å². The number of nitrogens with one attached hydrogen (secondary N) is 1. The van der Waals surface area contributed by atoms with Crippen LogP contribution in [0.3, 0.4) is 0 Å². The molecule has 8 nitrogen and oxygen atoms in total. The molecular weight excluding hydrogens is 360 g/mol. The smallest absolute Gasteiger partial charge is 0.286 e. The van der Waals surface area contributed by atoms with Gasteiger partial charge in [0.2, 0.25) is 23.4 Å². The molecule has 0 aliphatic carbocycles. The fourth-order valence-electron chi connectivity index (χ4n) is 2.83. The van der Waals surface area contributed by atoms with Crippen LogP contribution < -0.4 is 11.1 Å². The van der Waals surface area contributed by atoms with Crippen LogP contribution in [0.5, 0.6) is 0 Å². The minimum absolute atomic E-state index is 0.0845. The van der Waals surface area contributed by atoms with Gasteiger partial charge in [0.05, 0.1) is 0 Å². The summed E-state index contributed by atoms with van der Waals surface area (Å²) in [6.07, 6.45) is 0.349. The van der Waals surface area contributed by atoms with E-state index in [1.165, 1.54) is 0 Å². The molecule has 2 aromatic carbocycles. The van der Waals surface area contributed by atoms with E-state index in [0.29, 0.717) is 22.7 Å². The topological polar surface area (TPSA) is 124 Å². The minimum atomic E-state index is -0.754. The van der Waals surface area contributed by atoms with Crippen LogP contribution in [0.4, 0.5) is 5.69 Å². The number of aryl methyl sites for hydroxylation is 1. The van der Waals surface area contributed by atoms with E-state index in [9.17, 15) is 9.59 Å². The van der Waals surface area contributed by atoms with Crippen molar-refractivity contribution in [1.82, 2.24) is 10.1 Å².